The van der Waals surface area contributed by atoms with Crippen LogP contribution in [0.2, 0.25) is 0 Å². The van der Waals surface area contributed by atoms with Crippen molar-refractivity contribution in [2.45, 2.75) is 63.0 Å². The summed E-state index contributed by atoms with van der Waals surface area (Å²) in [7, 11) is 0. The second kappa shape index (κ2) is 7.58. The first kappa shape index (κ1) is 17.2. The van der Waals surface area contributed by atoms with Gasteiger partial charge in [0, 0.05) is 18.4 Å². The molecule has 138 valence electrons. The number of benzene rings is 1. The minimum absolute atomic E-state index is 0.0194. The van der Waals surface area contributed by atoms with Crippen LogP contribution in [-0.2, 0) is 16.0 Å². The zero-order valence-corrected chi connectivity index (χ0v) is 14.9. The van der Waals surface area contributed by atoms with Gasteiger partial charge in [-0.3, -0.25) is 4.79 Å². The second-order valence-electron chi connectivity index (χ2n) is 7.40. The molecule has 2 fully saturated rings. The number of carbonyl (C=O) groups is 1. The molecule has 0 bridgehead atoms. The van der Waals surface area contributed by atoms with Gasteiger partial charge in [0.15, 0.2) is 0 Å². The summed E-state index contributed by atoms with van der Waals surface area (Å²) in [4.78, 5) is 16.6. The van der Waals surface area contributed by atoms with E-state index in [1.807, 2.05) is 30.3 Å². The Morgan fingerprint density at radius 3 is 2.81 bits per heavy atom. The van der Waals surface area contributed by atoms with Crippen LogP contribution in [0.4, 0.5) is 0 Å². The van der Waals surface area contributed by atoms with E-state index in [-0.39, 0.29) is 17.6 Å². The lowest BCUT2D eigenvalue weighted by Gasteiger charge is -2.32. The number of carbonyl (C=O) groups excluding carboxylic acids is 1. The predicted octanol–water partition coefficient (Wildman–Crippen LogP) is 3.28. The number of ether oxygens (including phenoxy) is 1. The van der Waals surface area contributed by atoms with Crippen LogP contribution in [0.1, 0.15) is 50.8 Å². The Balaban J connectivity index is 1.25. The summed E-state index contributed by atoms with van der Waals surface area (Å²) in [6, 6.07) is 9.80. The largest absolute Gasteiger partial charge is 0.373 e. The van der Waals surface area contributed by atoms with Crippen molar-refractivity contribution in [1.82, 2.24) is 15.5 Å². The Hall–Kier alpha value is -2.21. The molecular formula is C20H25N3O3. The fraction of sp³-hybridized carbons (Fsp3) is 0.550. The predicted molar refractivity (Wildman–Crippen MR) is 96.4 cm³/mol. The van der Waals surface area contributed by atoms with E-state index >= 15 is 0 Å². The van der Waals surface area contributed by atoms with Crippen molar-refractivity contribution in [3.8, 4) is 11.4 Å². The molecule has 1 aliphatic heterocycles. The van der Waals surface area contributed by atoms with Gasteiger partial charge in [0.25, 0.3) is 0 Å². The first-order valence-corrected chi connectivity index (χ1v) is 9.54. The van der Waals surface area contributed by atoms with Crippen molar-refractivity contribution in [3.05, 3.63) is 36.2 Å². The highest BCUT2D eigenvalue weighted by molar-refractivity contribution is 5.76. The van der Waals surface area contributed by atoms with Gasteiger partial charge in [-0.25, -0.2) is 0 Å². The quantitative estimate of drug-likeness (QED) is 0.891. The van der Waals surface area contributed by atoms with Crippen LogP contribution >= 0.6 is 0 Å². The molecule has 1 aromatic carbocycles. The second-order valence-corrected chi connectivity index (χ2v) is 7.40. The third-order valence-electron chi connectivity index (χ3n) is 5.41. The number of hydrogen-bond donors (Lipinski definition) is 1. The lowest BCUT2D eigenvalue weighted by atomic mass is 9.82. The first-order valence-electron chi connectivity index (χ1n) is 9.54. The molecule has 1 aliphatic carbocycles. The molecule has 1 N–H and O–H groups in total. The summed E-state index contributed by atoms with van der Waals surface area (Å²) < 4.78 is 11.3. The average molecular weight is 355 g/mol. The summed E-state index contributed by atoms with van der Waals surface area (Å²) in [5.41, 5.74) is 0.931. The van der Waals surface area contributed by atoms with E-state index in [0.717, 1.165) is 24.8 Å². The molecular weight excluding hydrogens is 330 g/mol. The monoisotopic (exact) mass is 355 g/mol. The average Bonchev–Trinajstić information content (AvgIpc) is 3.29. The van der Waals surface area contributed by atoms with Crippen molar-refractivity contribution in [3.63, 3.8) is 0 Å². The van der Waals surface area contributed by atoms with Gasteiger partial charge >= 0.3 is 0 Å². The standard InChI is InChI=1S/C20H25N3O3/c24-17(21-16-13-20(25-14-16)11-5-2-6-12-20)9-10-18-22-19(23-26-18)15-7-3-1-4-8-15/h1,3-4,7-8,16H,2,5-6,9-14H2,(H,21,24)/t16-/m0/s1. The van der Waals surface area contributed by atoms with Crippen molar-refractivity contribution < 1.29 is 14.1 Å². The molecule has 6 nitrogen and oxygen atoms in total. The fourth-order valence-corrected chi connectivity index (χ4v) is 4.06. The van der Waals surface area contributed by atoms with Crippen LogP contribution in [0.3, 0.4) is 0 Å². The molecule has 6 heteroatoms. The number of amides is 1. The number of hydrogen-bond acceptors (Lipinski definition) is 5. The lowest BCUT2D eigenvalue weighted by molar-refractivity contribution is -0.121. The highest BCUT2D eigenvalue weighted by Gasteiger charge is 2.41. The lowest BCUT2D eigenvalue weighted by Crippen LogP contribution is -2.37. The van der Waals surface area contributed by atoms with E-state index in [9.17, 15) is 4.79 Å². The molecule has 2 aromatic rings. The number of nitrogens with zero attached hydrogens (tertiary/aromatic N) is 2. The van der Waals surface area contributed by atoms with E-state index in [1.54, 1.807) is 0 Å². The molecule has 26 heavy (non-hydrogen) atoms. The topological polar surface area (TPSA) is 77.2 Å². The normalized spacial score (nSPS) is 21.8. The van der Waals surface area contributed by atoms with E-state index in [0.29, 0.717) is 31.2 Å². The molecule has 2 heterocycles. The highest BCUT2D eigenvalue weighted by Crippen LogP contribution is 2.39. The van der Waals surface area contributed by atoms with E-state index < -0.39 is 0 Å². The first-order chi connectivity index (χ1) is 12.7. The van der Waals surface area contributed by atoms with Gasteiger partial charge in [-0.15, -0.1) is 0 Å². The summed E-state index contributed by atoms with van der Waals surface area (Å²) in [5.74, 6) is 1.07. The Morgan fingerprint density at radius 1 is 1.19 bits per heavy atom. The Morgan fingerprint density at radius 2 is 2.00 bits per heavy atom. The zero-order valence-electron chi connectivity index (χ0n) is 14.9. The molecule has 2 aliphatic rings. The van der Waals surface area contributed by atoms with E-state index in [1.165, 1.54) is 19.3 Å². The van der Waals surface area contributed by atoms with Crippen LogP contribution in [0.25, 0.3) is 11.4 Å². The zero-order chi connectivity index (χ0) is 17.8. The molecule has 0 unspecified atom stereocenters. The van der Waals surface area contributed by atoms with Crippen LogP contribution in [0.5, 0.6) is 0 Å². The van der Waals surface area contributed by atoms with Crippen molar-refractivity contribution in [1.29, 1.82) is 0 Å². The van der Waals surface area contributed by atoms with E-state index in [4.69, 9.17) is 9.26 Å². The van der Waals surface area contributed by atoms with Crippen LogP contribution < -0.4 is 5.32 Å². The van der Waals surface area contributed by atoms with Gasteiger partial charge in [0.1, 0.15) is 0 Å². The number of aryl methyl sites for hydroxylation is 1. The minimum atomic E-state index is 0.0194. The third-order valence-corrected chi connectivity index (χ3v) is 5.41. The SMILES string of the molecule is O=C(CCc1nc(-c2ccccc2)no1)N[C@@H]1COC2(CCCCC2)C1. The Labute approximate surface area is 153 Å². The molecule has 4 rings (SSSR count). The maximum atomic E-state index is 12.3. The van der Waals surface area contributed by atoms with Crippen LogP contribution in [0.15, 0.2) is 34.9 Å². The van der Waals surface area contributed by atoms with Gasteiger partial charge in [-0.1, -0.05) is 54.8 Å². The molecule has 1 saturated heterocycles. The van der Waals surface area contributed by atoms with Crippen molar-refractivity contribution >= 4 is 5.91 Å². The molecule has 1 saturated carbocycles. The maximum Gasteiger partial charge on any atom is 0.227 e. The highest BCUT2D eigenvalue weighted by atomic mass is 16.5. The molecule has 1 aromatic heterocycles. The van der Waals surface area contributed by atoms with Crippen LogP contribution in [0, 0.1) is 0 Å². The van der Waals surface area contributed by atoms with Crippen molar-refractivity contribution in [2.75, 3.05) is 6.61 Å². The molecule has 1 amide bonds. The van der Waals surface area contributed by atoms with Gasteiger partial charge in [-0.05, 0) is 19.3 Å². The number of nitrogens with one attached hydrogen (secondary N) is 1. The van der Waals surface area contributed by atoms with Crippen molar-refractivity contribution in [2.24, 2.45) is 0 Å². The Kier molecular flexibility index (Phi) is 5.02. The van der Waals surface area contributed by atoms with Gasteiger partial charge < -0.3 is 14.6 Å². The number of rotatable bonds is 5. The molecule has 0 radical (unpaired) electrons. The Bertz CT molecular complexity index is 738. The summed E-state index contributed by atoms with van der Waals surface area (Å²) in [5, 5.41) is 7.09. The smallest absolute Gasteiger partial charge is 0.227 e. The van der Waals surface area contributed by atoms with Gasteiger partial charge in [0.05, 0.1) is 18.2 Å². The minimum Gasteiger partial charge on any atom is -0.373 e. The molecule has 1 spiro atoms. The fourth-order valence-electron chi connectivity index (χ4n) is 4.06. The van der Waals surface area contributed by atoms with Gasteiger partial charge in [0.2, 0.25) is 17.6 Å². The maximum absolute atomic E-state index is 12.3. The third kappa shape index (κ3) is 3.96. The number of aromatic nitrogens is 2. The van der Waals surface area contributed by atoms with Gasteiger partial charge in [-0.2, -0.15) is 4.98 Å². The summed E-state index contributed by atoms with van der Waals surface area (Å²) in [6.45, 7) is 0.629. The van der Waals surface area contributed by atoms with Crippen LogP contribution in [-0.4, -0.2) is 34.3 Å². The summed E-state index contributed by atoms with van der Waals surface area (Å²) >= 11 is 0. The summed E-state index contributed by atoms with van der Waals surface area (Å²) in [6.07, 6.45) is 7.77. The molecule has 1 atom stereocenters. The van der Waals surface area contributed by atoms with E-state index in [2.05, 4.69) is 15.5 Å².